The molecule has 0 aliphatic carbocycles. The molecule has 2 amide bonds. The highest BCUT2D eigenvalue weighted by Crippen LogP contribution is 2.16. The Labute approximate surface area is 158 Å². The Morgan fingerprint density at radius 2 is 1.85 bits per heavy atom. The number of furan rings is 2. The van der Waals surface area contributed by atoms with E-state index in [4.69, 9.17) is 8.83 Å². The standard InChI is InChI=1S/C19H15BrN2O4/c1-12-4-6-13(7-5-12)21-18(23)15(11-14-3-2-10-25-14)22-19(24)16-8-9-17(20)26-16/h2-11H,1H3,(H,21,23)(H,22,24)/b15-11-. The number of halogens is 1. The number of rotatable bonds is 5. The topological polar surface area (TPSA) is 84.5 Å². The van der Waals surface area contributed by atoms with Crippen molar-refractivity contribution in [2.45, 2.75) is 6.92 Å². The molecule has 3 aromatic rings. The molecule has 0 unspecified atom stereocenters. The maximum atomic E-state index is 12.6. The van der Waals surface area contributed by atoms with E-state index in [1.165, 1.54) is 18.4 Å². The third-order valence-corrected chi connectivity index (χ3v) is 3.86. The number of carbonyl (C=O) groups excluding carboxylic acids is 2. The van der Waals surface area contributed by atoms with Gasteiger partial charge in [-0.2, -0.15) is 0 Å². The van der Waals surface area contributed by atoms with Crippen LogP contribution in [-0.4, -0.2) is 11.8 Å². The number of nitrogens with one attached hydrogen (secondary N) is 2. The molecule has 0 saturated heterocycles. The predicted octanol–water partition coefficient (Wildman–Crippen LogP) is 4.35. The van der Waals surface area contributed by atoms with Gasteiger partial charge < -0.3 is 19.5 Å². The molecule has 6 nitrogen and oxygen atoms in total. The lowest BCUT2D eigenvalue weighted by Gasteiger charge is -2.10. The molecule has 26 heavy (non-hydrogen) atoms. The van der Waals surface area contributed by atoms with Crippen molar-refractivity contribution in [3.05, 3.63) is 82.2 Å². The number of aryl methyl sites for hydroxylation is 1. The third-order valence-electron chi connectivity index (χ3n) is 3.43. The van der Waals surface area contributed by atoms with Crippen LogP contribution in [0, 0.1) is 6.92 Å². The largest absolute Gasteiger partial charge is 0.465 e. The molecular weight excluding hydrogens is 400 g/mol. The van der Waals surface area contributed by atoms with Crippen molar-refractivity contribution >= 4 is 39.5 Å². The van der Waals surface area contributed by atoms with Crippen LogP contribution in [0.3, 0.4) is 0 Å². The number of hydrogen-bond donors (Lipinski definition) is 2. The van der Waals surface area contributed by atoms with Gasteiger partial charge in [0.1, 0.15) is 11.5 Å². The molecule has 0 aliphatic heterocycles. The second kappa shape index (κ2) is 7.88. The molecule has 0 atom stereocenters. The number of amides is 2. The molecule has 0 aliphatic rings. The van der Waals surface area contributed by atoms with Crippen LogP contribution in [0.15, 0.2) is 74.0 Å². The van der Waals surface area contributed by atoms with E-state index in [0.717, 1.165) is 5.56 Å². The monoisotopic (exact) mass is 414 g/mol. The van der Waals surface area contributed by atoms with Gasteiger partial charge in [0, 0.05) is 11.8 Å². The van der Waals surface area contributed by atoms with E-state index >= 15 is 0 Å². The van der Waals surface area contributed by atoms with Crippen molar-refractivity contribution in [3.8, 4) is 0 Å². The maximum absolute atomic E-state index is 12.6. The van der Waals surface area contributed by atoms with Gasteiger partial charge in [0.05, 0.1) is 6.26 Å². The van der Waals surface area contributed by atoms with Gasteiger partial charge in [-0.1, -0.05) is 17.7 Å². The quantitative estimate of drug-likeness (QED) is 0.607. The first-order valence-corrected chi connectivity index (χ1v) is 8.50. The maximum Gasteiger partial charge on any atom is 0.291 e. The summed E-state index contributed by atoms with van der Waals surface area (Å²) >= 11 is 3.14. The van der Waals surface area contributed by atoms with Gasteiger partial charge in [-0.05, 0) is 59.3 Å². The first-order valence-electron chi connectivity index (χ1n) is 7.71. The Kier molecular flexibility index (Phi) is 5.38. The molecule has 132 valence electrons. The highest BCUT2D eigenvalue weighted by molar-refractivity contribution is 9.10. The van der Waals surface area contributed by atoms with Crippen molar-refractivity contribution in [1.82, 2.24) is 5.32 Å². The fourth-order valence-electron chi connectivity index (χ4n) is 2.13. The van der Waals surface area contributed by atoms with E-state index in [0.29, 0.717) is 16.1 Å². The Hall–Kier alpha value is -3.06. The highest BCUT2D eigenvalue weighted by Gasteiger charge is 2.17. The summed E-state index contributed by atoms with van der Waals surface area (Å²) in [6.45, 7) is 1.95. The zero-order chi connectivity index (χ0) is 18.5. The van der Waals surface area contributed by atoms with Gasteiger partial charge in [-0.15, -0.1) is 0 Å². The predicted molar refractivity (Wildman–Crippen MR) is 100 cm³/mol. The summed E-state index contributed by atoms with van der Waals surface area (Å²) in [5.41, 5.74) is 1.71. The summed E-state index contributed by atoms with van der Waals surface area (Å²) in [4.78, 5) is 24.9. The first-order chi connectivity index (χ1) is 12.5. The number of benzene rings is 1. The minimum absolute atomic E-state index is 0.0260. The van der Waals surface area contributed by atoms with Crippen LogP contribution < -0.4 is 10.6 Å². The van der Waals surface area contributed by atoms with Crippen molar-refractivity contribution in [2.24, 2.45) is 0 Å². The number of hydrogen-bond acceptors (Lipinski definition) is 4. The normalized spacial score (nSPS) is 11.2. The second-order valence-corrected chi connectivity index (χ2v) is 6.23. The Bertz CT molecular complexity index is 940. The van der Waals surface area contributed by atoms with Gasteiger partial charge in [0.2, 0.25) is 0 Å². The summed E-state index contributed by atoms with van der Waals surface area (Å²) in [5.74, 6) is -0.526. The van der Waals surface area contributed by atoms with Crippen molar-refractivity contribution in [3.63, 3.8) is 0 Å². The minimum Gasteiger partial charge on any atom is -0.465 e. The average Bonchev–Trinajstić information content (AvgIpc) is 3.28. The lowest BCUT2D eigenvalue weighted by atomic mass is 10.2. The zero-order valence-electron chi connectivity index (χ0n) is 13.8. The number of anilines is 1. The van der Waals surface area contributed by atoms with E-state index in [9.17, 15) is 9.59 Å². The molecular formula is C19H15BrN2O4. The second-order valence-electron chi connectivity index (χ2n) is 5.45. The molecule has 0 fully saturated rings. The third kappa shape index (κ3) is 4.52. The fraction of sp³-hybridized carbons (Fsp3) is 0.0526. The zero-order valence-corrected chi connectivity index (χ0v) is 15.4. The van der Waals surface area contributed by atoms with E-state index in [1.54, 1.807) is 30.3 Å². The molecule has 3 rings (SSSR count). The lowest BCUT2D eigenvalue weighted by Crippen LogP contribution is -2.30. The first kappa shape index (κ1) is 17.8. The minimum atomic E-state index is -0.549. The molecule has 2 N–H and O–H groups in total. The van der Waals surface area contributed by atoms with Crippen LogP contribution in [0.5, 0.6) is 0 Å². The van der Waals surface area contributed by atoms with Crippen molar-refractivity contribution in [1.29, 1.82) is 0 Å². The van der Waals surface area contributed by atoms with E-state index < -0.39 is 11.8 Å². The van der Waals surface area contributed by atoms with E-state index in [-0.39, 0.29) is 11.5 Å². The van der Waals surface area contributed by atoms with Crippen LogP contribution >= 0.6 is 15.9 Å². The summed E-state index contributed by atoms with van der Waals surface area (Å²) in [5, 5.41) is 5.29. The van der Waals surface area contributed by atoms with Crippen LogP contribution in [0.4, 0.5) is 5.69 Å². The van der Waals surface area contributed by atoms with Crippen LogP contribution in [0.25, 0.3) is 6.08 Å². The molecule has 1 aromatic carbocycles. The lowest BCUT2D eigenvalue weighted by molar-refractivity contribution is -0.113. The van der Waals surface area contributed by atoms with Crippen molar-refractivity contribution in [2.75, 3.05) is 5.32 Å². The molecule has 2 aromatic heterocycles. The van der Waals surface area contributed by atoms with Crippen molar-refractivity contribution < 1.29 is 18.4 Å². The smallest absolute Gasteiger partial charge is 0.291 e. The summed E-state index contributed by atoms with van der Waals surface area (Å²) in [6.07, 6.45) is 2.92. The molecule has 2 heterocycles. The molecule has 0 spiro atoms. The van der Waals surface area contributed by atoms with E-state index in [1.807, 2.05) is 19.1 Å². The summed E-state index contributed by atoms with van der Waals surface area (Å²) < 4.78 is 10.9. The van der Waals surface area contributed by atoms with Gasteiger partial charge in [-0.25, -0.2) is 0 Å². The summed E-state index contributed by atoms with van der Waals surface area (Å²) in [6, 6.07) is 13.8. The average molecular weight is 415 g/mol. The van der Waals surface area contributed by atoms with Crippen LogP contribution in [0.2, 0.25) is 0 Å². The Balaban J connectivity index is 1.82. The fourth-order valence-corrected chi connectivity index (χ4v) is 2.44. The van der Waals surface area contributed by atoms with Crippen LogP contribution in [-0.2, 0) is 4.79 Å². The van der Waals surface area contributed by atoms with Gasteiger partial charge in [0.25, 0.3) is 11.8 Å². The summed E-state index contributed by atoms with van der Waals surface area (Å²) in [7, 11) is 0. The number of carbonyl (C=O) groups is 2. The molecule has 7 heteroatoms. The Morgan fingerprint density at radius 1 is 1.08 bits per heavy atom. The van der Waals surface area contributed by atoms with Gasteiger partial charge >= 0.3 is 0 Å². The van der Waals surface area contributed by atoms with Gasteiger partial charge in [-0.3, -0.25) is 9.59 Å². The molecule has 0 radical (unpaired) electrons. The molecule has 0 saturated carbocycles. The van der Waals surface area contributed by atoms with Crippen LogP contribution in [0.1, 0.15) is 21.9 Å². The SMILES string of the molecule is Cc1ccc(NC(=O)/C(=C/c2ccco2)NC(=O)c2ccc(Br)o2)cc1. The molecule has 0 bridgehead atoms. The Morgan fingerprint density at radius 3 is 2.46 bits per heavy atom. The van der Waals surface area contributed by atoms with Gasteiger partial charge in [0.15, 0.2) is 10.4 Å². The highest BCUT2D eigenvalue weighted by atomic mass is 79.9. The van der Waals surface area contributed by atoms with E-state index in [2.05, 4.69) is 26.6 Å².